The summed E-state index contributed by atoms with van der Waals surface area (Å²) in [6.07, 6.45) is 0. The van der Waals surface area contributed by atoms with Crippen LogP contribution in [0.5, 0.6) is 0 Å². The van der Waals surface area contributed by atoms with Gasteiger partial charge in [-0.3, -0.25) is 9.13 Å². The fourth-order valence-corrected chi connectivity index (χ4v) is 17.1. The maximum absolute atomic E-state index is 9.79. The summed E-state index contributed by atoms with van der Waals surface area (Å²) < 4.78 is 14.1. The van der Waals surface area contributed by atoms with E-state index in [9.17, 15) is 5.26 Å². The first-order chi connectivity index (χ1) is 46.5. The Morgan fingerprint density at radius 2 is 0.702 bits per heavy atom. The van der Waals surface area contributed by atoms with Gasteiger partial charge in [0.2, 0.25) is 5.95 Å². The van der Waals surface area contributed by atoms with Gasteiger partial charge in [0.25, 0.3) is 0 Å². The predicted octanol–water partition coefficient (Wildman–Crippen LogP) is 23.0. The molecule has 0 bridgehead atoms. The summed E-state index contributed by atoms with van der Waals surface area (Å²) in [6.45, 7) is 7.71. The van der Waals surface area contributed by atoms with E-state index in [4.69, 9.17) is 16.5 Å². The summed E-state index contributed by atoms with van der Waals surface area (Å²) in [6, 6.07) is 103. The summed E-state index contributed by atoms with van der Waals surface area (Å²) in [4.78, 5) is 14.9. The average molecular weight is 1230 g/mol. The van der Waals surface area contributed by atoms with Crippen LogP contribution in [0.2, 0.25) is 0 Å². The SMILES string of the molecule is [C-]#[N+]c1ccc2sc3ccc(-n4c5ccccc5c5cc(-c6ccc7c(c6)c6ccccc6n7-c6cc(-c7ccccc7)nc(-n7c8ccccc8c8cc(-c9ccc%10c(c9)c9ccccc9n%10-c9ccc%10sc%11ccc(C#N)cc%11c%10c9)ccc87)n6)ccc54)cc3c2c1. The summed E-state index contributed by atoms with van der Waals surface area (Å²) >= 11 is 3.53. The molecule has 0 fully saturated rings. The third kappa shape index (κ3) is 7.76. The number of nitriles is 1. The molecule has 0 amide bonds. The van der Waals surface area contributed by atoms with Crippen molar-refractivity contribution in [3.63, 3.8) is 0 Å². The zero-order valence-corrected chi connectivity index (χ0v) is 51.6. The summed E-state index contributed by atoms with van der Waals surface area (Å²) in [5, 5.41) is 23.6. The largest absolute Gasteiger partial charge is 0.309 e. The van der Waals surface area contributed by atoms with Crippen LogP contribution in [0.1, 0.15) is 5.56 Å². The van der Waals surface area contributed by atoms with Crippen molar-refractivity contribution in [3.8, 4) is 62.7 Å². The highest BCUT2D eigenvalue weighted by Crippen LogP contribution is 2.45. The number of aromatic nitrogens is 6. The van der Waals surface area contributed by atoms with E-state index >= 15 is 0 Å². The number of nitrogens with zero attached hydrogens (tertiary/aromatic N) is 8. The molecule has 0 atom stereocenters. The first-order valence-corrected chi connectivity index (χ1v) is 32.9. The first-order valence-electron chi connectivity index (χ1n) is 31.3. The topological polar surface area (TPSA) is 73.7 Å². The Morgan fingerprint density at radius 3 is 1.19 bits per heavy atom. The van der Waals surface area contributed by atoms with E-state index in [1.807, 2.05) is 30.3 Å². The van der Waals surface area contributed by atoms with Gasteiger partial charge < -0.3 is 9.13 Å². The van der Waals surface area contributed by atoms with E-state index in [0.29, 0.717) is 17.2 Å². The summed E-state index contributed by atoms with van der Waals surface area (Å²) in [5.74, 6) is 1.35. The molecule has 0 N–H and O–H groups in total. The molecule has 10 heteroatoms. The molecule has 0 radical (unpaired) electrons. The molecular weight excluding hydrogens is 1190 g/mol. The molecule has 20 rings (SSSR count). The zero-order chi connectivity index (χ0) is 61.9. The second-order valence-corrected chi connectivity index (χ2v) is 26.5. The van der Waals surface area contributed by atoms with Crippen molar-refractivity contribution in [2.24, 2.45) is 0 Å². The number of fused-ring (bicyclic) bond motifs is 18. The number of rotatable bonds is 7. The quantitative estimate of drug-likeness (QED) is 0.149. The van der Waals surface area contributed by atoms with Crippen LogP contribution in [0.4, 0.5) is 5.69 Å². The minimum Gasteiger partial charge on any atom is -0.309 e. The Labute approximate surface area is 544 Å². The van der Waals surface area contributed by atoms with Crippen LogP contribution in [0.25, 0.3) is 189 Å². The van der Waals surface area contributed by atoms with E-state index in [1.54, 1.807) is 22.7 Å². The highest BCUT2D eigenvalue weighted by atomic mass is 32.1. The van der Waals surface area contributed by atoms with Crippen molar-refractivity contribution in [1.29, 1.82) is 5.26 Å². The molecule has 13 aromatic carbocycles. The van der Waals surface area contributed by atoms with Gasteiger partial charge in [0.15, 0.2) is 5.69 Å². The minimum atomic E-state index is 0.580. The molecule has 0 aliphatic rings. The van der Waals surface area contributed by atoms with E-state index in [2.05, 4.69) is 278 Å². The van der Waals surface area contributed by atoms with Gasteiger partial charge in [-0.05, 0) is 161 Å². The molecular formula is C84H46N8S2. The zero-order valence-electron chi connectivity index (χ0n) is 50.0. The molecule has 8 nitrogen and oxygen atoms in total. The third-order valence-electron chi connectivity index (χ3n) is 19.2. The highest BCUT2D eigenvalue weighted by molar-refractivity contribution is 7.26. The van der Waals surface area contributed by atoms with Crippen molar-refractivity contribution in [1.82, 2.24) is 28.2 Å². The molecule has 7 aromatic heterocycles. The predicted molar refractivity (Wildman–Crippen MR) is 392 cm³/mol. The van der Waals surface area contributed by atoms with Crippen molar-refractivity contribution in [3.05, 3.63) is 296 Å². The Morgan fingerprint density at radius 1 is 0.309 bits per heavy atom. The monoisotopic (exact) mass is 1230 g/mol. The van der Waals surface area contributed by atoms with Crippen molar-refractivity contribution in [2.45, 2.75) is 0 Å². The lowest BCUT2D eigenvalue weighted by Gasteiger charge is -2.14. The van der Waals surface area contributed by atoms with Crippen LogP contribution in [-0.4, -0.2) is 28.2 Å². The molecule has 0 saturated carbocycles. The smallest absolute Gasteiger partial charge is 0.237 e. The van der Waals surface area contributed by atoms with Crippen LogP contribution in [0, 0.1) is 17.9 Å². The first kappa shape index (κ1) is 52.3. The molecule has 0 aliphatic carbocycles. The second-order valence-electron chi connectivity index (χ2n) is 24.3. The van der Waals surface area contributed by atoms with Crippen LogP contribution in [-0.2, 0) is 0 Å². The van der Waals surface area contributed by atoms with Crippen molar-refractivity contribution >= 4 is 156 Å². The Kier molecular flexibility index (Phi) is 11.2. The molecule has 0 unspecified atom stereocenters. The lowest BCUT2D eigenvalue weighted by molar-refractivity contribution is 0.952. The third-order valence-corrected chi connectivity index (χ3v) is 21.5. The van der Waals surface area contributed by atoms with E-state index in [1.165, 1.54) is 40.3 Å². The molecule has 94 heavy (non-hydrogen) atoms. The molecule has 7 heterocycles. The molecule has 0 saturated heterocycles. The fraction of sp³-hybridized carbons (Fsp3) is 0. The second kappa shape index (κ2) is 20.0. The lowest BCUT2D eigenvalue weighted by atomic mass is 10.0. The maximum Gasteiger partial charge on any atom is 0.237 e. The Balaban J connectivity index is 0.710. The Bertz CT molecular complexity index is 6390. The highest BCUT2D eigenvalue weighted by Gasteiger charge is 2.23. The van der Waals surface area contributed by atoms with E-state index in [0.717, 1.165) is 138 Å². The standard InChI is InChI=1S/C84H46N8S2/c1-86-55-28-36-80-67(44-55)69-46-57(30-38-82(69)94-80)90-72-20-10-6-16-59(72)62-40-51(24-31-76(62)90)53-26-33-77-64(42-53)60-17-7-11-21-73(60)91(77)83-47-70(50-13-3-2-4-14-50)87-84(88-83)92-74-22-12-8-18-61(74)65-43-54(27-34-78(65)92)52-25-32-75-63(41-52)58-15-5-9-19-71(58)89(75)56-29-37-81-68(45-56)66-39-49(48-85)23-35-79(66)93-81/h2-47H. The summed E-state index contributed by atoms with van der Waals surface area (Å²) in [7, 11) is 0. The maximum atomic E-state index is 9.79. The van der Waals surface area contributed by atoms with Gasteiger partial charge in [-0.2, -0.15) is 10.2 Å². The van der Waals surface area contributed by atoms with Gasteiger partial charge in [0.1, 0.15) is 5.82 Å². The summed E-state index contributed by atoms with van der Waals surface area (Å²) in [5.41, 5.74) is 18.5. The lowest BCUT2D eigenvalue weighted by Crippen LogP contribution is -2.07. The molecule has 20 aromatic rings. The number of hydrogen-bond acceptors (Lipinski definition) is 5. The fourth-order valence-electron chi connectivity index (χ4n) is 15.0. The van der Waals surface area contributed by atoms with Gasteiger partial charge in [-0.1, -0.05) is 140 Å². The number of thiophene rings is 2. The van der Waals surface area contributed by atoms with Gasteiger partial charge in [-0.25, -0.2) is 9.83 Å². The van der Waals surface area contributed by atoms with Crippen LogP contribution >= 0.6 is 22.7 Å². The molecule has 0 spiro atoms. The Hall–Kier alpha value is -12.4. The van der Waals surface area contributed by atoms with Gasteiger partial charge in [0.05, 0.1) is 68.0 Å². The molecule has 434 valence electrons. The number of hydrogen-bond donors (Lipinski definition) is 0. The number of benzene rings is 13. The minimum absolute atomic E-state index is 0.580. The normalized spacial score (nSPS) is 12.0. The van der Waals surface area contributed by atoms with Crippen LogP contribution in [0.3, 0.4) is 0 Å². The van der Waals surface area contributed by atoms with E-state index < -0.39 is 0 Å². The molecule has 0 aliphatic heterocycles. The van der Waals surface area contributed by atoms with E-state index in [-0.39, 0.29) is 0 Å². The van der Waals surface area contributed by atoms with Crippen LogP contribution < -0.4 is 0 Å². The van der Waals surface area contributed by atoms with Crippen molar-refractivity contribution in [2.75, 3.05) is 0 Å². The number of para-hydroxylation sites is 4. The van der Waals surface area contributed by atoms with Gasteiger partial charge >= 0.3 is 0 Å². The van der Waals surface area contributed by atoms with Gasteiger partial charge in [-0.15, -0.1) is 22.7 Å². The van der Waals surface area contributed by atoms with Gasteiger partial charge in [0, 0.05) is 101 Å². The average Bonchev–Trinajstić information content (AvgIpc) is 1.57. The van der Waals surface area contributed by atoms with Crippen LogP contribution in [0.15, 0.2) is 279 Å². The van der Waals surface area contributed by atoms with Crippen molar-refractivity contribution < 1.29 is 0 Å².